The van der Waals surface area contributed by atoms with Crippen molar-refractivity contribution in [2.24, 2.45) is 0 Å². The van der Waals surface area contributed by atoms with Gasteiger partial charge in [0.1, 0.15) is 5.54 Å². The molecule has 0 saturated carbocycles. The van der Waals surface area contributed by atoms with Crippen molar-refractivity contribution in [2.45, 2.75) is 32.4 Å². The second-order valence-corrected chi connectivity index (χ2v) is 3.77. The molecule has 0 aliphatic heterocycles. The average molecular weight is 211 g/mol. The van der Waals surface area contributed by atoms with Gasteiger partial charge >= 0.3 is 5.97 Å². The van der Waals surface area contributed by atoms with Gasteiger partial charge in [0, 0.05) is 12.4 Å². The molecule has 5 heteroatoms. The third-order valence-corrected chi connectivity index (χ3v) is 2.27. The van der Waals surface area contributed by atoms with E-state index < -0.39 is 11.5 Å². The molecular weight excluding hydrogens is 194 g/mol. The lowest BCUT2D eigenvalue weighted by molar-refractivity contribution is -0.144. The predicted molar refractivity (Wildman–Crippen MR) is 56.6 cm³/mol. The highest BCUT2D eigenvalue weighted by Crippen LogP contribution is 2.07. The summed E-state index contributed by atoms with van der Waals surface area (Å²) in [5, 5.41) is 16.2. The van der Waals surface area contributed by atoms with Crippen LogP contribution in [0.5, 0.6) is 0 Å². The number of carboxylic acids is 1. The molecule has 1 unspecified atom stereocenters. The fraction of sp³-hybridized carbons (Fsp3) is 0.600. The van der Waals surface area contributed by atoms with Crippen molar-refractivity contribution in [1.29, 1.82) is 0 Å². The van der Waals surface area contributed by atoms with Gasteiger partial charge in [0.25, 0.3) is 0 Å². The van der Waals surface area contributed by atoms with Crippen LogP contribution in [0.25, 0.3) is 0 Å². The van der Waals surface area contributed by atoms with Gasteiger partial charge < -0.3 is 10.4 Å². The van der Waals surface area contributed by atoms with Crippen LogP contribution in [0.15, 0.2) is 18.5 Å². The molecule has 2 N–H and O–H groups in total. The van der Waals surface area contributed by atoms with E-state index in [0.29, 0.717) is 13.1 Å². The van der Waals surface area contributed by atoms with Gasteiger partial charge in [-0.3, -0.25) is 9.48 Å². The first kappa shape index (κ1) is 11.7. The largest absolute Gasteiger partial charge is 0.480 e. The van der Waals surface area contributed by atoms with Crippen molar-refractivity contribution >= 4 is 5.97 Å². The number of hydrogen-bond acceptors (Lipinski definition) is 3. The Balaban J connectivity index is 2.68. The van der Waals surface area contributed by atoms with Gasteiger partial charge in [-0.25, -0.2) is 0 Å². The van der Waals surface area contributed by atoms with Gasteiger partial charge in [-0.05, 0) is 26.0 Å². The zero-order valence-electron chi connectivity index (χ0n) is 9.10. The lowest BCUT2D eigenvalue weighted by Crippen LogP contribution is -2.52. The summed E-state index contributed by atoms with van der Waals surface area (Å²) in [7, 11) is 0. The first-order chi connectivity index (χ1) is 7.08. The molecule has 0 saturated heterocycles. The summed E-state index contributed by atoms with van der Waals surface area (Å²) in [4.78, 5) is 11.1. The van der Waals surface area contributed by atoms with E-state index in [1.54, 1.807) is 30.1 Å². The molecule has 1 aromatic rings. The number of aliphatic carboxylic acids is 1. The Morgan fingerprint density at radius 1 is 1.67 bits per heavy atom. The van der Waals surface area contributed by atoms with Gasteiger partial charge in [0.15, 0.2) is 0 Å². The maximum absolute atomic E-state index is 11.1. The zero-order valence-corrected chi connectivity index (χ0v) is 9.10. The number of rotatable bonds is 6. The Bertz CT molecular complexity index is 310. The Labute approximate surface area is 89.1 Å². The fourth-order valence-corrected chi connectivity index (χ4v) is 1.32. The first-order valence-corrected chi connectivity index (χ1v) is 5.04. The maximum Gasteiger partial charge on any atom is 0.325 e. The molecule has 0 bridgehead atoms. The molecule has 0 fully saturated rings. The summed E-state index contributed by atoms with van der Waals surface area (Å²) >= 11 is 0. The van der Waals surface area contributed by atoms with E-state index in [1.165, 1.54) is 0 Å². The number of hydrogen-bond donors (Lipinski definition) is 2. The summed E-state index contributed by atoms with van der Waals surface area (Å²) in [6.45, 7) is 4.69. The van der Waals surface area contributed by atoms with Crippen LogP contribution in [0, 0.1) is 0 Å². The average Bonchev–Trinajstić information content (AvgIpc) is 2.67. The summed E-state index contributed by atoms with van der Waals surface area (Å²) in [6, 6.07) is 1.78. The highest BCUT2D eigenvalue weighted by Gasteiger charge is 2.32. The Morgan fingerprint density at radius 3 is 2.87 bits per heavy atom. The van der Waals surface area contributed by atoms with Crippen molar-refractivity contribution in [1.82, 2.24) is 15.1 Å². The topological polar surface area (TPSA) is 67.2 Å². The van der Waals surface area contributed by atoms with Gasteiger partial charge in [-0.15, -0.1) is 0 Å². The Morgan fingerprint density at radius 2 is 2.40 bits per heavy atom. The van der Waals surface area contributed by atoms with Crippen LogP contribution in [0.4, 0.5) is 0 Å². The van der Waals surface area contributed by atoms with E-state index in [-0.39, 0.29) is 0 Å². The Kier molecular flexibility index (Phi) is 3.85. The van der Waals surface area contributed by atoms with Crippen molar-refractivity contribution in [3.05, 3.63) is 18.5 Å². The molecule has 1 aromatic heterocycles. The summed E-state index contributed by atoms with van der Waals surface area (Å²) in [6.07, 6.45) is 4.30. The molecule has 0 radical (unpaired) electrons. The molecule has 1 heterocycles. The summed E-state index contributed by atoms with van der Waals surface area (Å²) in [5.41, 5.74) is -0.956. The van der Waals surface area contributed by atoms with Gasteiger partial charge in [-0.2, -0.15) is 5.10 Å². The normalized spacial score (nSPS) is 14.8. The van der Waals surface area contributed by atoms with Crippen LogP contribution in [-0.2, 0) is 11.3 Å². The number of aromatic nitrogens is 2. The van der Waals surface area contributed by atoms with E-state index in [4.69, 9.17) is 5.11 Å². The van der Waals surface area contributed by atoms with Crippen molar-refractivity contribution in [3.8, 4) is 0 Å². The van der Waals surface area contributed by atoms with E-state index in [1.807, 2.05) is 6.92 Å². The molecule has 1 rings (SSSR count). The standard InChI is InChI=1S/C10H17N3O2/c1-3-5-11-10(2,9(14)15)8-13-7-4-6-12-13/h4,6-7,11H,3,5,8H2,1-2H3,(H,14,15). The third kappa shape index (κ3) is 3.06. The number of nitrogens with one attached hydrogen (secondary N) is 1. The molecule has 0 spiro atoms. The minimum Gasteiger partial charge on any atom is -0.480 e. The zero-order chi connectivity index (χ0) is 11.3. The molecule has 1 atom stereocenters. The van der Waals surface area contributed by atoms with Crippen LogP contribution in [0.3, 0.4) is 0 Å². The number of nitrogens with zero attached hydrogens (tertiary/aromatic N) is 2. The van der Waals surface area contributed by atoms with Gasteiger partial charge in [-0.1, -0.05) is 6.92 Å². The van der Waals surface area contributed by atoms with Crippen molar-refractivity contribution in [2.75, 3.05) is 6.54 Å². The molecule has 0 aromatic carbocycles. The fourth-order valence-electron chi connectivity index (χ4n) is 1.32. The highest BCUT2D eigenvalue weighted by molar-refractivity contribution is 5.78. The lowest BCUT2D eigenvalue weighted by atomic mass is 10.0. The van der Waals surface area contributed by atoms with Crippen molar-refractivity contribution in [3.63, 3.8) is 0 Å². The quantitative estimate of drug-likeness (QED) is 0.727. The van der Waals surface area contributed by atoms with E-state index in [2.05, 4.69) is 10.4 Å². The van der Waals surface area contributed by atoms with Crippen LogP contribution >= 0.6 is 0 Å². The van der Waals surface area contributed by atoms with Gasteiger partial charge in [0.2, 0.25) is 0 Å². The molecule has 15 heavy (non-hydrogen) atoms. The summed E-state index contributed by atoms with van der Waals surface area (Å²) < 4.78 is 1.62. The van der Waals surface area contributed by atoms with Gasteiger partial charge in [0.05, 0.1) is 6.54 Å². The van der Waals surface area contributed by atoms with E-state index >= 15 is 0 Å². The highest BCUT2D eigenvalue weighted by atomic mass is 16.4. The van der Waals surface area contributed by atoms with E-state index in [9.17, 15) is 4.79 Å². The van der Waals surface area contributed by atoms with E-state index in [0.717, 1.165) is 6.42 Å². The number of carbonyl (C=O) groups is 1. The summed E-state index contributed by atoms with van der Waals surface area (Å²) in [5.74, 6) is -0.855. The number of carboxylic acid groups (broad SMARTS) is 1. The first-order valence-electron chi connectivity index (χ1n) is 5.04. The van der Waals surface area contributed by atoms with Crippen LogP contribution in [0.2, 0.25) is 0 Å². The molecular formula is C10H17N3O2. The molecule has 5 nitrogen and oxygen atoms in total. The molecule has 0 amide bonds. The Hall–Kier alpha value is -1.36. The lowest BCUT2D eigenvalue weighted by Gasteiger charge is -2.26. The SMILES string of the molecule is CCCNC(C)(Cn1cccn1)C(=O)O. The van der Waals surface area contributed by atoms with Crippen LogP contribution < -0.4 is 5.32 Å². The van der Waals surface area contributed by atoms with Crippen molar-refractivity contribution < 1.29 is 9.90 Å². The van der Waals surface area contributed by atoms with Crippen LogP contribution in [0.1, 0.15) is 20.3 Å². The maximum atomic E-state index is 11.1. The minimum absolute atomic E-state index is 0.329. The molecule has 84 valence electrons. The smallest absolute Gasteiger partial charge is 0.325 e. The molecule has 0 aliphatic rings. The molecule has 0 aliphatic carbocycles. The second kappa shape index (κ2) is 4.93. The second-order valence-electron chi connectivity index (χ2n) is 3.77. The third-order valence-electron chi connectivity index (χ3n) is 2.27. The van der Waals surface area contributed by atoms with Crippen LogP contribution in [-0.4, -0.2) is 32.9 Å². The monoisotopic (exact) mass is 211 g/mol. The predicted octanol–water partition coefficient (Wildman–Crippen LogP) is 0.726. The minimum atomic E-state index is -0.956.